The van der Waals surface area contributed by atoms with Gasteiger partial charge in [-0.15, -0.1) is 0 Å². The second-order valence-electron chi connectivity index (χ2n) is 7.10. The van der Waals surface area contributed by atoms with Gasteiger partial charge in [0.15, 0.2) is 0 Å². The fourth-order valence-electron chi connectivity index (χ4n) is 3.26. The van der Waals surface area contributed by atoms with Crippen LogP contribution >= 0.6 is 0 Å². The first-order valence-corrected chi connectivity index (χ1v) is 10.5. The quantitative estimate of drug-likeness (QED) is 0.755. The van der Waals surface area contributed by atoms with E-state index >= 15 is 0 Å². The molecule has 0 spiro atoms. The fourth-order valence-corrected chi connectivity index (χ4v) is 4.47. The molecule has 1 saturated heterocycles. The third-order valence-corrected chi connectivity index (χ3v) is 6.09. The van der Waals surface area contributed by atoms with Gasteiger partial charge in [-0.1, -0.05) is 30.3 Å². The number of hydrogen-bond acceptors (Lipinski definition) is 4. The average Bonchev–Trinajstić information content (AvgIpc) is 3.33. The van der Waals surface area contributed by atoms with Gasteiger partial charge in [0.25, 0.3) is 5.91 Å². The van der Waals surface area contributed by atoms with Crippen LogP contribution in [0.15, 0.2) is 47.5 Å². The molecule has 7 nitrogen and oxygen atoms in total. The monoisotopic (exact) mass is 390 g/mol. The number of nitrogens with zero attached hydrogens (tertiary/aromatic N) is 2. The van der Waals surface area contributed by atoms with Crippen LogP contribution in [-0.4, -0.2) is 62.8 Å². The molecule has 8 heteroatoms. The van der Waals surface area contributed by atoms with Crippen LogP contribution < -0.4 is 4.72 Å². The number of sulfonamides is 1. The lowest BCUT2D eigenvalue weighted by molar-refractivity contribution is 0.0787. The minimum absolute atomic E-state index is 0.0738. The third kappa shape index (κ3) is 4.77. The Morgan fingerprint density at radius 1 is 1.22 bits per heavy atom. The molecule has 2 heterocycles. The Hall–Kier alpha value is -2.16. The molecule has 1 aliphatic rings. The first-order chi connectivity index (χ1) is 12.9. The van der Waals surface area contributed by atoms with Crippen molar-refractivity contribution in [1.82, 2.24) is 19.5 Å². The molecule has 1 amide bonds. The zero-order valence-corrected chi connectivity index (χ0v) is 16.5. The Morgan fingerprint density at radius 2 is 1.89 bits per heavy atom. The van der Waals surface area contributed by atoms with Crippen LogP contribution in [0.3, 0.4) is 0 Å². The van der Waals surface area contributed by atoms with Crippen LogP contribution in [0, 0.1) is 0 Å². The molecule has 27 heavy (non-hydrogen) atoms. The first-order valence-electron chi connectivity index (χ1n) is 9.06. The number of rotatable bonds is 7. The van der Waals surface area contributed by atoms with E-state index in [0.717, 1.165) is 31.5 Å². The fraction of sp³-hybridized carbons (Fsp3) is 0.421. The normalized spacial score (nSPS) is 16.0. The summed E-state index contributed by atoms with van der Waals surface area (Å²) in [4.78, 5) is 19.0. The molecule has 0 radical (unpaired) electrons. The maximum atomic E-state index is 12.9. The van der Waals surface area contributed by atoms with Crippen LogP contribution in [0.2, 0.25) is 0 Å². The van der Waals surface area contributed by atoms with Crippen molar-refractivity contribution >= 4 is 15.9 Å². The number of likely N-dealkylation sites (tertiary alicyclic amines) is 1. The van der Waals surface area contributed by atoms with Crippen molar-refractivity contribution in [3.05, 3.63) is 53.9 Å². The lowest BCUT2D eigenvalue weighted by Crippen LogP contribution is -2.35. The number of hydrogen-bond donors (Lipinski definition) is 2. The first kappa shape index (κ1) is 19.6. The van der Waals surface area contributed by atoms with Gasteiger partial charge in [-0.25, -0.2) is 13.1 Å². The molecular weight excluding hydrogens is 364 g/mol. The topological polar surface area (TPSA) is 85.5 Å². The number of nitrogens with one attached hydrogen (secondary N) is 2. The van der Waals surface area contributed by atoms with Gasteiger partial charge >= 0.3 is 0 Å². The van der Waals surface area contributed by atoms with Gasteiger partial charge in [-0.2, -0.15) is 0 Å². The Kier molecular flexibility index (Phi) is 5.98. The number of H-pyrrole nitrogens is 1. The van der Waals surface area contributed by atoms with E-state index in [1.54, 1.807) is 4.90 Å². The largest absolute Gasteiger partial charge is 0.356 e. The molecule has 0 bridgehead atoms. The minimum Gasteiger partial charge on any atom is -0.356 e. The predicted octanol–water partition coefficient (Wildman–Crippen LogP) is 1.83. The summed E-state index contributed by atoms with van der Waals surface area (Å²) in [5.41, 5.74) is 1.19. The van der Waals surface area contributed by atoms with Gasteiger partial charge in [0, 0.05) is 25.8 Å². The van der Waals surface area contributed by atoms with E-state index in [-0.39, 0.29) is 16.8 Å². The van der Waals surface area contributed by atoms with Gasteiger partial charge in [0.2, 0.25) is 10.0 Å². The molecule has 2 aromatic rings. The summed E-state index contributed by atoms with van der Waals surface area (Å²) in [6.45, 7) is 1.96. The summed E-state index contributed by atoms with van der Waals surface area (Å²) in [6.07, 6.45) is 3.36. The van der Waals surface area contributed by atoms with Crippen molar-refractivity contribution < 1.29 is 13.2 Å². The molecule has 3 rings (SSSR count). The Balaban J connectivity index is 1.79. The molecule has 0 saturated carbocycles. The van der Waals surface area contributed by atoms with Crippen LogP contribution in [-0.2, 0) is 10.0 Å². The van der Waals surface area contributed by atoms with Crippen molar-refractivity contribution in [3.63, 3.8) is 0 Å². The molecule has 1 aliphatic heterocycles. The highest BCUT2D eigenvalue weighted by Gasteiger charge is 2.26. The number of amides is 1. The summed E-state index contributed by atoms with van der Waals surface area (Å²) in [7, 11) is 0.0242. The highest BCUT2D eigenvalue weighted by molar-refractivity contribution is 7.89. The number of benzene rings is 1. The average molecular weight is 391 g/mol. The standard InChI is InChI=1S/C19H26N4O3S/c1-22(2)14-18(15-8-4-3-5-9-15)21-27(25,26)16-12-17(20-13-16)19(24)23-10-6-7-11-23/h3-5,8-9,12-13,18,20-21H,6-7,10-11,14H2,1-2H3. The number of aromatic amines is 1. The van der Waals surface area contributed by atoms with Gasteiger partial charge < -0.3 is 14.8 Å². The lowest BCUT2D eigenvalue weighted by atomic mass is 10.1. The SMILES string of the molecule is CN(C)CC(NS(=O)(=O)c1c[nH]c(C(=O)N2CCCC2)c1)c1ccccc1. The van der Waals surface area contributed by atoms with Crippen molar-refractivity contribution in [2.75, 3.05) is 33.7 Å². The number of carbonyl (C=O) groups is 1. The second kappa shape index (κ2) is 8.24. The van der Waals surface area contributed by atoms with Gasteiger partial charge in [0.1, 0.15) is 10.6 Å². The van der Waals surface area contributed by atoms with Crippen LogP contribution in [0.1, 0.15) is 34.9 Å². The predicted molar refractivity (Wildman–Crippen MR) is 104 cm³/mol. The Morgan fingerprint density at radius 3 is 2.52 bits per heavy atom. The van der Waals surface area contributed by atoms with Crippen LogP contribution in [0.4, 0.5) is 0 Å². The van der Waals surface area contributed by atoms with E-state index < -0.39 is 10.0 Å². The number of likely N-dealkylation sites (N-methyl/N-ethyl adjacent to an activating group) is 1. The summed E-state index contributed by atoms with van der Waals surface area (Å²) < 4.78 is 28.5. The molecule has 1 fully saturated rings. The highest BCUT2D eigenvalue weighted by Crippen LogP contribution is 2.20. The summed E-state index contributed by atoms with van der Waals surface area (Å²) >= 11 is 0. The van der Waals surface area contributed by atoms with E-state index in [9.17, 15) is 13.2 Å². The van der Waals surface area contributed by atoms with E-state index in [1.165, 1.54) is 12.3 Å². The van der Waals surface area contributed by atoms with Crippen LogP contribution in [0.5, 0.6) is 0 Å². The number of carbonyl (C=O) groups excluding carboxylic acids is 1. The van der Waals surface area contributed by atoms with E-state index in [0.29, 0.717) is 12.2 Å². The molecule has 1 atom stereocenters. The third-order valence-electron chi connectivity index (χ3n) is 4.64. The van der Waals surface area contributed by atoms with Gasteiger partial charge in [-0.05, 0) is 38.6 Å². The molecule has 0 aliphatic carbocycles. The van der Waals surface area contributed by atoms with E-state index in [2.05, 4.69) is 9.71 Å². The summed E-state index contributed by atoms with van der Waals surface area (Å²) in [5.74, 6) is -0.151. The maximum absolute atomic E-state index is 12.9. The van der Waals surface area contributed by atoms with Crippen molar-refractivity contribution in [3.8, 4) is 0 Å². The second-order valence-corrected chi connectivity index (χ2v) is 8.81. The number of aromatic nitrogens is 1. The molecule has 2 N–H and O–H groups in total. The molecule has 146 valence electrons. The molecular formula is C19H26N4O3S. The molecule has 1 aromatic heterocycles. The van der Waals surface area contributed by atoms with Crippen LogP contribution in [0.25, 0.3) is 0 Å². The minimum atomic E-state index is -3.77. The van der Waals surface area contributed by atoms with Crippen molar-refractivity contribution in [2.45, 2.75) is 23.8 Å². The smallest absolute Gasteiger partial charge is 0.270 e. The van der Waals surface area contributed by atoms with E-state index in [1.807, 2.05) is 49.3 Å². The Labute approximate surface area is 160 Å². The molecule has 1 aromatic carbocycles. The Bertz CT molecular complexity index is 871. The van der Waals surface area contributed by atoms with Gasteiger partial charge in [0.05, 0.1) is 6.04 Å². The zero-order valence-electron chi connectivity index (χ0n) is 15.7. The maximum Gasteiger partial charge on any atom is 0.270 e. The highest BCUT2D eigenvalue weighted by atomic mass is 32.2. The van der Waals surface area contributed by atoms with Crippen molar-refractivity contribution in [1.29, 1.82) is 0 Å². The summed E-state index contributed by atoms with van der Waals surface area (Å²) in [5, 5.41) is 0. The lowest BCUT2D eigenvalue weighted by Gasteiger charge is -2.22. The van der Waals surface area contributed by atoms with Gasteiger partial charge in [-0.3, -0.25) is 4.79 Å². The summed E-state index contributed by atoms with van der Waals surface area (Å²) in [6, 6.07) is 10.5. The zero-order chi connectivity index (χ0) is 19.4. The van der Waals surface area contributed by atoms with E-state index in [4.69, 9.17) is 0 Å². The van der Waals surface area contributed by atoms with Crippen molar-refractivity contribution in [2.24, 2.45) is 0 Å². The molecule has 1 unspecified atom stereocenters.